The lowest BCUT2D eigenvalue weighted by Crippen LogP contribution is -2.31. The van der Waals surface area contributed by atoms with Crippen molar-refractivity contribution in [2.24, 2.45) is 12.2 Å². The highest BCUT2D eigenvalue weighted by atomic mass is 32.2. The molecule has 0 saturated carbocycles. The molecule has 0 fully saturated rings. The number of anilines is 1. The van der Waals surface area contributed by atoms with Gasteiger partial charge in [-0.15, -0.1) is 0 Å². The fourth-order valence-corrected chi connectivity index (χ4v) is 4.48. The monoisotopic (exact) mass is 432 g/mol. The first-order valence-corrected chi connectivity index (χ1v) is 11.3. The van der Waals surface area contributed by atoms with Crippen LogP contribution in [0, 0.1) is 0 Å². The van der Waals surface area contributed by atoms with E-state index in [0.717, 1.165) is 24.1 Å². The lowest BCUT2D eigenvalue weighted by molar-refractivity contribution is 0.597. The first-order chi connectivity index (χ1) is 14.2. The number of primary sulfonamides is 1. The third kappa shape index (κ3) is 3.43. The molecular weight excluding hydrogens is 408 g/mol. The van der Waals surface area contributed by atoms with Gasteiger partial charge in [-0.1, -0.05) is 13.3 Å². The number of benzene rings is 1. The van der Waals surface area contributed by atoms with Crippen LogP contribution in [0.15, 0.2) is 32.7 Å². The molecule has 1 aromatic carbocycles. The molecular formula is C19H24N6O4S. The van der Waals surface area contributed by atoms with Crippen LogP contribution in [-0.4, -0.2) is 34.1 Å². The molecule has 0 spiro atoms. The highest BCUT2D eigenvalue weighted by molar-refractivity contribution is 7.89. The van der Waals surface area contributed by atoms with E-state index >= 15 is 0 Å². The minimum absolute atomic E-state index is 0.0947. The molecule has 10 nitrogen and oxygen atoms in total. The summed E-state index contributed by atoms with van der Waals surface area (Å²) in [5.74, 6) is 0.648. The first kappa shape index (κ1) is 20.4. The summed E-state index contributed by atoms with van der Waals surface area (Å²) in [4.78, 5) is 33.9. The van der Waals surface area contributed by atoms with Crippen LogP contribution in [0.2, 0.25) is 0 Å². The fourth-order valence-electron chi connectivity index (χ4n) is 3.91. The number of imidazole rings is 1. The summed E-state index contributed by atoms with van der Waals surface area (Å²) in [7, 11) is -1.99. The second-order valence-corrected chi connectivity index (χ2v) is 9.09. The van der Waals surface area contributed by atoms with Crippen molar-refractivity contribution in [1.82, 2.24) is 19.1 Å². The van der Waals surface area contributed by atoms with Crippen molar-refractivity contribution in [2.45, 2.75) is 44.2 Å². The molecule has 1 aliphatic rings. The number of nitrogens with zero attached hydrogens (tertiary/aromatic N) is 4. The van der Waals surface area contributed by atoms with Crippen molar-refractivity contribution in [1.29, 1.82) is 0 Å². The Kier molecular flexibility index (Phi) is 5.02. The highest BCUT2D eigenvalue weighted by Crippen LogP contribution is 2.31. The van der Waals surface area contributed by atoms with Gasteiger partial charge in [-0.25, -0.2) is 23.3 Å². The summed E-state index contributed by atoms with van der Waals surface area (Å²) in [6.45, 7) is 3.63. The fraction of sp³-hybridized carbons (Fsp3) is 0.421. The molecule has 160 valence electrons. The summed E-state index contributed by atoms with van der Waals surface area (Å²) in [5.41, 5.74) is 1.66. The summed E-state index contributed by atoms with van der Waals surface area (Å²) >= 11 is 0. The normalized spacial score (nSPS) is 13.9. The van der Waals surface area contributed by atoms with Crippen molar-refractivity contribution in [2.75, 3.05) is 11.4 Å². The van der Waals surface area contributed by atoms with Gasteiger partial charge in [0.2, 0.25) is 10.0 Å². The Balaban J connectivity index is 1.73. The van der Waals surface area contributed by atoms with Crippen molar-refractivity contribution >= 4 is 26.9 Å². The Hall–Kier alpha value is -2.92. The van der Waals surface area contributed by atoms with E-state index in [4.69, 9.17) is 5.14 Å². The molecule has 30 heavy (non-hydrogen) atoms. The van der Waals surface area contributed by atoms with Crippen LogP contribution in [0.4, 0.5) is 5.69 Å². The van der Waals surface area contributed by atoms with Crippen molar-refractivity contribution in [3.63, 3.8) is 0 Å². The summed E-state index contributed by atoms with van der Waals surface area (Å²) in [6.07, 6.45) is 2.40. The summed E-state index contributed by atoms with van der Waals surface area (Å²) in [6, 6.07) is 4.84. The average molecular weight is 433 g/mol. The van der Waals surface area contributed by atoms with Crippen LogP contribution < -0.4 is 21.3 Å². The van der Waals surface area contributed by atoms with Gasteiger partial charge in [-0.3, -0.25) is 14.3 Å². The van der Waals surface area contributed by atoms with Crippen LogP contribution >= 0.6 is 0 Å². The number of aryl methyl sites for hydroxylation is 2. The summed E-state index contributed by atoms with van der Waals surface area (Å²) in [5, 5.41) is 5.23. The van der Waals surface area contributed by atoms with Crippen molar-refractivity contribution in [3.05, 3.63) is 50.4 Å². The Morgan fingerprint density at radius 3 is 2.73 bits per heavy atom. The van der Waals surface area contributed by atoms with Gasteiger partial charge < -0.3 is 9.47 Å². The molecule has 3 aromatic rings. The van der Waals surface area contributed by atoms with E-state index in [1.165, 1.54) is 10.6 Å². The minimum Gasteiger partial charge on any atom is -0.363 e. The SMILES string of the molecule is CCCCn1c(=O)[nH]c(=O)c2c1nc(CN1CCc3cc(S(N)(=O)=O)ccc31)n2C. The van der Waals surface area contributed by atoms with Gasteiger partial charge in [0.15, 0.2) is 11.2 Å². The van der Waals surface area contributed by atoms with Crippen molar-refractivity contribution < 1.29 is 8.42 Å². The van der Waals surface area contributed by atoms with Crippen LogP contribution in [-0.2, 0) is 36.6 Å². The summed E-state index contributed by atoms with van der Waals surface area (Å²) < 4.78 is 26.4. The number of hydrogen-bond acceptors (Lipinski definition) is 6. The van der Waals surface area contributed by atoms with Crippen LogP contribution in [0.1, 0.15) is 31.2 Å². The zero-order valence-corrected chi connectivity index (χ0v) is 17.7. The topological polar surface area (TPSA) is 136 Å². The predicted molar refractivity (Wildman–Crippen MR) is 113 cm³/mol. The number of aromatic amines is 1. The second-order valence-electron chi connectivity index (χ2n) is 7.53. The zero-order valence-electron chi connectivity index (χ0n) is 16.9. The van der Waals surface area contributed by atoms with Crippen LogP contribution in [0.5, 0.6) is 0 Å². The Morgan fingerprint density at radius 1 is 1.27 bits per heavy atom. The smallest absolute Gasteiger partial charge is 0.330 e. The zero-order chi connectivity index (χ0) is 21.6. The second kappa shape index (κ2) is 7.40. The molecule has 0 aliphatic carbocycles. The first-order valence-electron chi connectivity index (χ1n) is 9.79. The molecule has 0 atom stereocenters. The van der Waals surface area contributed by atoms with E-state index < -0.39 is 21.3 Å². The van der Waals surface area contributed by atoms with E-state index in [2.05, 4.69) is 14.9 Å². The van der Waals surface area contributed by atoms with E-state index in [9.17, 15) is 18.0 Å². The van der Waals surface area contributed by atoms with Gasteiger partial charge in [0.1, 0.15) is 5.82 Å². The number of aromatic nitrogens is 4. The van der Waals surface area contributed by atoms with E-state index in [1.54, 1.807) is 23.7 Å². The maximum atomic E-state index is 12.4. The molecule has 0 radical (unpaired) electrons. The molecule has 0 unspecified atom stereocenters. The number of H-pyrrole nitrogens is 1. The number of fused-ring (bicyclic) bond motifs is 2. The molecule has 0 saturated heterocycles. The third-order valence-electron chi connectivity index (χ3n) is 5.54. The van der Waals surface area contributed by atoms with Crippen molar-refractivity contribution in [3.8, 4) is 0 Å². The number of sulfonamides is 1. The number of nitrogens with one attached hydrogen (secondary N) is 1. The Labute approximate surface area is 173 Å². The van der Waals surface area contributed by atoms with E-state index in [-0.39, 0.29) is 4.90 Å². The highest BCUT2D eigenvalue weighted by Gasteiger charge is 2.24. The van der Waals surface area contributed by atoms with Gasteiger partial charge in [0.05, 0.1) is 11.4 Å². The number of nitrogens with two attached hydrogens (primary N) is 1. The molecule has 1 aliphatic heterocycles. The molecule has 3 heterocycles. The lowest BCUT2D eigenvalue weighted by Gasteiger charge is -2.19. The van der Waals surface area contributed by atoms with Gasteiger partial charge in [0, 0.05) is 25.8 Å². The maximum Gasteiger partial charge on any atom is 0.330 e. The molecule has 0 amide bonds. The molecule has 0 bridgehead atoms. The maximum absolute atomic E-state index is 12.4. The number of rotatable bonds is 6. The average Bonchev–Trinajstić information content (AvgIpc) is 3.22. The number of unbranched alkanes of at least 4 members (excludes halogenated alkanes) is 1. The largest absolute Gasteiger partial charge is 0.363 e. The molecule has 3 N–H and O–H groups in total. The van der Waals surface area contributed by atoms with E-state index in [0.29, 0.717) is 43.0 Å². The Bertz CT molecular complexity index is 1350. The van der Waals surface area contributed by atoms with Gasteiger partial charge >= 0.3 is 5.69 Å². The molecule has 2 aromatic heterocycles. The number of hydrogen-bond donors (Lipinski definition) is 2. The molecule has 11 heteroatoms. The van der Waals surface area contributed by atoms with Gasteiger partial charge in [-0.05, 0) is 36.6 Å². The lowest BCUT2D eigenvalue weighted by atomic mass is 10.2. The quantitative estimate of drug-likeness (QED) is 0.580. The van der Waals surface area contributed by atoms with Gasteiger partial charge in [-0.2, -0.15) is 0 Å². The standard InChI is InChI=1S/C19H24N6O4S/c1-3-4-8-25-17-16(18(26)22-19(25)27)23(2)15(21-17)11-24-9-7-12-10-13(30(20,28)29)5-6-14(12)24/h5-6,10H,3-4,7-9,11H2,1-2H3,(H2,20,28,29)(H,22,26,27). The third-order valence-corrected chi connectivity index (χ3v) is 6.46. The predicted octanol–water partition coefficient (Wildman–Crippen LogP) is 0.434. The molecule has 4 rings (SSSR count). The van der Waals surface area contributed by atoms with E-state index in [1.807, 2.05) is 6.92 Å². The van der Waals surface area contributed by atoms with Crippen LogP contribution in [0.3, 0.4) is 0 Å². The van der Waals surface area contributed by atoms with Crippen LogP contribution in [0.25, 0.3) is 11.2 Å². The van der Waals surface area contributed by atoms with Gasteiger partial charge in [0.25, 0.3) is 5.56 Å². The minimum atomic E-state index is -3.75. The Morgan fingerprint density at radius 2 is 2.03 bits per heavy atom.